The topological polar surface area (TPSA) is 84.1 Å². The predicted molar refractivity (Wildman–Crippen MR) is 165 cm³/mol. The molecule has 2 aromatic rings. The summed E-state index contributed by atoms with van der Waals surface area (Å²) >= 11 is 0. The number of aryl methyl sites for hydroxylation is 2. The zero-order valence-corrected chi connectivity index (χ0v) is 25.1. The van der Waals surface area contributed by atoms with Crippen molar-refractivity contribution in [3.8, 4) is 22.5 Å². The van der Waals surface area contributed by atoms with Crippen LogP contribution in [-0.2, 0) is 9.53 Å². The fraction of sp³-hybridized carbons (Fsp3) is 0.382. The zero-order chi connectivity index (χ0) is 29.5. The highest BCUT2D eigenvalue weighted by Gasteiger charge is 2.24. The number of hydrogen-bond acceptors (Lipinski definition) is 6. The number of nitrogens with one attached hydrogen (secondary N) is 1. The normalized spacial score (nSPS) is 11.7. The van der Waals surface area contributed by atoms with E-state index in [0.29, 0.717) is 25.1 Å². The molecule has 41 heavy (non-hydrogen) atoms. The van der Waals surface area contributed by atoms with Crippen LogP contribution in [0.25, 0.3) is 33.4 Å². The van der Waals surface area contributed by atoms with Crippen LogP contribution in [0.5, 0.6) is 0 Å². The number of fused-ring (bicyclic) bond motifs is 2. The summed E-state index contributed by atoms with van der Waals surface area (Å²) < 4.78 is 11.2. The fourth-order valence-corrected chi connectivity index (χ4v) is 5.29. The van der Waals surface area contributed by atoms with Gasteiger partial charge in [0, 0.05) is 73.0 Å². The molecule has 0 atom stereocenters. The molecular formula is C34H41N3O4. The van der Waals surface area contributed by atoms with E-state index in [0.717, 1.165) is 81.4 Å². The molecule has 0 spiro atoms. The summed E-state index contributed by atoms with van der Waals surface area (Å²) in [7, 11) is 3.24. The Kier molecular flexibility index (Phi) is 9.82. The van der Waals surface area contributed by atoms with Gasteiger partial charge in [-0.2, -0.15) is 0 Å². The number of methoxy groups -OCH3 is 1. The number of carbonyl (C=O) groups excluding carboxylic acids is 2. The van der Waals surface area contributed by atoms with Gasteiger partial charge in [-0.15, -0.1) is 0 Å². The average Bonchev–Trinajstić information content (AvgIpc) is 2.96. The van der Waals surface area contributed by atoms with Crippen molar-refractivity contribution in [2.24, 2.45) is 4.99 Å². The summed E-state index contributed by atoms with van der Waals surface area (Å²) in [6.45, 7) is 10.3. The van der Waals surface area contributed by atoms with Gasteiger partial charge < -0.3 is 19.4 Å². The van der Waals surface area contributed by atoms with E-state index >= 15 is 0 Å². The van der Waals surface area contributed by atoms with Crippen molar-refractivity contribution in [1.29, 1.82) is 0 Å². The summed E-state index contributed by atoms with van der Waals surface area (Å²) in [6, 6.07) is 16.2. The lowest BCUT2D eigenvalue weighted by Crippen LogP contribution is -2.28. The quantitative estimate of drug-likeness (QED) is 0.123. The Morgan fingerprint density at radius 3 is 2.49 bits per heavy atom. The van der Waals surface area contributed by atoms with E-state index in [1.807, 2.05) is 44.3 Å². The number of carbonyl (C=O) groups is 2. The molecule has 0 bridgehead atoms. The van der Waals surface area contributed by atoms with Crippen molar-refractivity contribution >= 4 is 28.5 Å². The summed E-state index contributed by atoms with van der Waals surface area (Å²) in [5.74, 6) is 0.500. The van der Waals surface area contributed by atoms with Gasteiger partial charge in [0.05, 0.1) is 12.5 Å². The van der Waals surface area contributed by atoms with Gasteiger partial charge in [-0.05, 0) is 75.4 Å². The van der Waals surface area contributed by atoms with Crippen molar-refractivity contribution < 1.29 is 18.7 Å². The first-order chi connectivity index (χ1) is 19.8. The van der Waals surface area contributed by atoms with Crippen LogP contribution in [0, 0.1) is 13.8 Å². The second-order valence-corrected chi connectivity index (χ2v) is 10.4. The molecule has 0 radical (unpaired) electrons. The molecule has 1 amide bonds. The maximum absolute atomic E-state index is 13.8. The molecule has 4 rings (SSSR count). The largest absolute Gasteiger partial charge is 0.469 e. The first-order valence-electron chi connectivity index (χ1n) is 14.5. The highest BCUT2D eigenvalue weighted by Crippen LogP contribution is 2.43. The average molecular weight is 556 g/mol. The number of esters is 1. The molecule has 2 aliphatic rings. The molecule has 7 heteroatoms. The molecule has 7 nitrogen and oxygen atoms in total. The number of nitrogens with zero attached hydrogens (tertiary/aromatic N) is 2. The van der Waals surface area contributed by atoms with Gasteiger partial charge in [-0.1, -0.05) is 24.6 Å². The van der Waals surface area contributed by atoms with Gasteiger partial charge in [0.2, 0.25) is 0 Å². The standard InChI is InChI=1S/C34H41N3O4/c1-7-35-28-20-30-26(18-22(28)3)33(27-19-23(4)29(36-8-2)21-31(27)41-30)24-14-11-12-15-25(24)34(39)37(5)17-13-9-10-16-32(38)40-6/h11-12,14-15,18-21,35H,7-10,13,16-17H2,1-6H3. The monoisotopic (exact) mass is 555 g/mol. The van der Waals surface area contributed by atoms with Gasteiger partial charge in [0.15, 0.2) is 0 Å². The van der Waals surface area contributed by atoms with Crippen LogP contribution in [0.15, 0.2) is 57.9 Å². The molecule has 1 N–H and O–H groups in total. The predicted octanol–water partition coefficient (Wildman–Crippen LogP) is 6.98. The van der Waals surface area contributed by atoms with Gasteiger partial charge >= 0.3 is 5.97 Å². The Hall–Kier alpha value is -4.13. The lowest BCUT2D eigenvalue weighted by molar-refractivity contribution is -0.140. The second kappa shape index (κ2) is 13.5. The Labute approximate surface area is 242 Å². The van der Waals surface area contributed by atoms with Crippen molar-refractivity contribution in [2.75, 3.05) is 39.1 Å². The molecule has 1 heterocycles. The summed E-state index contributed by atoms with van der Waals surface area (Å²) in [6.07, 6.45) is 2.81. The summed E-state index contributed by atoms with van der Waals surface area (Å²) in [5, 5.41) is 5.30. The van der Waals surface area contributed by atoms with Crippen LogP contribution in [0.3, 0.4) is 0 Å². The Morgan fingerprint density at radius 2 is 1.76 bits per heavy atom. The Morgan fingerprint density at radius 1 is 0.976 bits per heavy atom. The number of unbranched alkanes of at least 4 members (excludes halogenated alkanes) is 2. The fourth-order valence-electron chi connectivity index (χ4n) is 5.29. The minimum Gasteiger partial charge on any atom is -0.469 e. The highest BCUT2D eigenvalue weighted by atomic mass is 16.5. The summed E-state index contributed by atoms with van der Waals surface area (Å²) in [5.41, 5.74) is 7.39. The number of amides is 1. The van der Waals surface area contributed by atoms with Crippen molar-refractivity contribution in [1.82, 2.24) is 4.90 Å². The van der Waals surface area contributed by atoms with Crippen molar-refractivity contribution in [2.45, 2.75) is 53.4 Å². The minimum atomic E-state index is -0.198. The van der Waals surface area contributed by atoms with Crippen molar-refractivity contribution in [3.05, 3.63) is 70.6 Å². The van der Waals surface area contributed by atoms with Gasteiger partial charge in [-0.3, -0.25) is 14.6 Å². The van der Waals surface area contributed by atoms with Gasteiger partial charge in [-0.25, -0.2) is 0 Å². The van der Waals surface area contributed by atoms with E-state index in [1.165, 1.54) is 7.11 Å². The molecule has 2 aromatic carbocycles. The molecule has 0 unspecified atom stereocenters. The van der Waals surface area contributed by atoms with Crippen LogP contribution in [0.2, 0.25) is 0 Å². The SMILES string of the molecule is CCN=c1cc2oc3cc(NCC)c(C)cc3c(-c3ccccc3C(=O)N(C)CCCCCC(=O)OC)c-2cc1C. The molecule has 0 aromatic heterocycles. The van der Waals surface area contributed by atoms with E-state index in [9.17, 15) is 9.59 Å². The van der Waals surface area contributed by atoms with Crippen molar-refractivity contribution in [3.63, 3.8) is 0 Å². The molecule has 1 aliphatic heterocycles. The maximum atomic E-state index is 13.8. The number of ether oxygens (including phenoxy) is 1. The van der Waals surface area contributed by atoms with Crippen LogP contribution < -0.4 is 10.7 Å². The molecular weight excluding hydrogens is 514 g/mol. The zero-order valence-electron chi connectivity index (χ0n) is 25.1. The number of benzene rings is 3. The van der Waals surface area contributed by atoms with Crippen LogP contribution in [0.4, 0.5) is 5.69 Å². The molecule has 1 aliphatic carbocycles. The van der Waals surface area contributed by atoms with E-state index in [-0.39, 0.29) is 11.9 Å². The van der Waals surface area contributed by atoms with Crippen LogP contribution in [0.1, 0.15) is 61.0 Å². The van der Waals surface area contributed by atoms with Crippen LogP contribution >= 0.6 is 0 Å². The smallest absolute Gasteiger partial charge is 0.305 e. The third-order valence-electron chi connectivity index (χ3n) is 7.45. The van der Waals surface area contributed by atoms with E-state index < -0.39 is 0 Å². The maximum Gasteiger partial charge on any atom is 0.305 e. The third-order valence-corrected chi connectivity index (χ3v) is 7.45. The Bertz CT molecular complexity index is 1590. The van der Waals surface area contributed by atoms with Crippen LogP contribution in [-0.4, -0.2) is 50.6 Å². The third kappa shape index (κ3) is 6.62. The van der Waals surface area contributed by atoms with E-state index in [4.69, 9.17) is 9.15 Å². The first-order valence-corrected chi connectivity index (χ1v) is 14.5. The van der Waals surface area contributed by atoms with Gasteiger partial charge in [0.1, 0.15) is 11.3 Å². The Balaban J connectivity index is 1.82. The number of hydrogen-bond donors (Lipinski definition) is 1. The lowest BCUT2D eigenvalue weighted by Gasteiger charge is -2.22. The van der Waals surface area contributed by atoms with Gasteiger partial charge in [0.25, 0.3) is 5.91 Å². The minimum absolute atomic E-state index is 0.0361. The molecule has 0 fully saturated rings. The van der Waals surface area contributed by atoms with E-state index in [1.54, 1.807) is 4.90 Å². The first kappa shape index (κ1) is 29.8. The highest BCUT2D eigenvalue weighted by molar-refractivity contribution is 6.09. The molecule has 0 saturated carbocycles. The number of rotatable bonds is 11. The number of anilines is 1. The summed E-state index contributed by atoms with van der Waals surface area (Å²) in [4.78, 5) is 31.7. The second-order valence-electron chi connectivity index (χ2n) is 10.4. The lowest BCUT2D eigenvalue weighted by atomic mass is 9.89. The molecule has 216 valence electrons. The van der Waals surface area contributed by atoms with E-state index in [2.05, 4.69) is 49.3 Å². The molecule has 0 saturated heterocycles.